The van der Waals surface area contributed by atoms with E-state index in [9.17, 15) is 13.2 Å². The van der Waals surface area contributed by atoms with E-state index >= 15 is 0 Å². The highest BCUT2D eigenvalue weighted by molar-refractivity contribution is 5.68. The Balaban J connectivity index is 1.38. The summed E-state index contributed by atoms with van der Waals surface area (Å²) in [5, 5.41) is 0. The zero-order valence-corrected chi connectivity index (χ0v) is 20.3. The van der Waals surface area contributed by atoms with Crippen molar-refractivity contribution in [2.75, 3.05) is 6.61 Å². The van der Waals surface area contributed by atoms with Crippen LogP contribution in [0.1, 0.15) is 56.2 Å². The van der Waals surface area contributed by atoms with Crippen molar-refractivity contribution in [3.63, 3.8) is 0 Å². The molecule has 0 bridgehead atoms. The highest BCUT2D eigenvalue weighted by Crippen LogP contribution is 2.35. The fraction of sp³-hybridized carbons (Fsp3) is 0.290. The van der Waals surface area contributed by atoms with E-state index in [1.807, 2.05) is 56.3 Å². The maximum Gasteiger partial charge on any atom is 0.166 e. The third-order valence-electron chi connectivity index (χ3n) is 6.69. The molecule has 182 valence electrons. The molecule has 1 aliphatic rings. The van der Waals surface area contributed by atoms with Crippen molar-refractivity contribution in [3.8, 4) is 16.9 Å². The largest absolute Gasteiger partial charge is 0.491 e. The molecule has 0 spiro atoms. The molecule has 0 saturated heterocycles. The van der Waals surface area contributed by atoms with Crippen LogP contribution in [-0.2, 0) is 6.42 Å². The normalized spacial score (nSPS) is 15.9. The number of hydrogen-bond acceptors (Lipinski definition) is 1. The topological polar surface area (TPSA) is 9.23 Å². The average molecular weight is 477 g/mol. The van der Waals surface area contributed by atoms with E-state index in [0.717, 1.165) is 42.4 Å². The predicted molar refractivity (Wildman–Crippen MR) is 138 cm³/mol. The molecular formula is C31H31F3O. The van der Waals surface area contributed by atoms with Crippen LogP contribution in [0.25, 0.3) is 22.8 Å². The van der Waals surface area contributed by atoms with E-state index in [2.05, 4.69) is 6.08 Å². The number of benzene rings is 3. The highest BCUT2D eigenvalue weighted by Gasteiger charge is 2.19. The van der Waals surface area contributed by atoms with Crippen LogP contribution in [-0.4, -0.2) is 6.61 Å². The molecule has 0 saturated carbocycles. The third kappa shape index (κ3) is 5.87. The Morgan fingerprint density at radius 3 is 2.37 bits per heavy atom. The molecule has 0 aliphatic heterocycles. The molecule has 0 radical (unpaired) electrons. The van der Waals surface area contributed by atoms with E-state index in [1.165, 1.54) is 6.07 Å². The third-order valence-corrected chi connectivity index (χ3v) is 6.69. The predicted octanol–water partition coefficient (Wildman–Crippen LogP) is 9.02. The summed E-state index contributed by atoms with van der Waals surface area (Å²) >= 11 is 0. The molecule has 1 aliphatic carbocycles. The van der Waals surface area contributed by atoms with Crippen LogP contribution < -0.4 is 4.74 Å². The van der Waals surface area contributed by atoms with Crippen molar-refractivity contribution < 1.29 is 17.9 Å². The van der Waals surface area contributed by atoms with Crippen LogP contribution in [0.4, 0.5) is 13.2 Å². The number of ether oxygens (including phenoxy) is 1. The fourth-order valence-corrected chi connectivity index (χ4v) is 4.72. The molecule has 1 atom stereocenters. The molecule has 0 aromatic heterocycles. The summed E-state index contributed by atoms with van der Waals surface area (Å²) < 4.78 is 49.2. The Labute approximate surface area is 206 Å². The fourth-order valence-electron chi connectivity index (χ4n) is 4.72. The van der Waals surface area contributed by atoms with E-state index in [-0.39, 0.29) is 17.1 Å². The number of hydrogen-bond donors (Lipinski definition) is 0. The van der Waals surface area contributed by atoms with Gasteiger partial charge in [0, 0.05) is 5.56 Å². The van der Waals surface area contributed by atoms with Crippen molar-refractivity contribution in [1.82, 2.24) is 0 Å². The van der Waals surface area contributed by atoms with Gasteiger partial charge in [-0.1, -0.05) is 60.7 Å². The second kappa shape index (κ2) is 11.4. The van der Waals surface area contributed by atoms with Gasteiger partial charge < -0.3 is 4.74 Å². The zero-order chi connectivity index (χ0) is 24.8. The summed E-state index contributed by atoms with van der Waals surface area (Å²) in [6, 6.07) is 15.9. The van der Waals surface area contributed by atoms with Crippen molar-refractivity contribution in [1.29, 1.82) is 0 Å². The molecule has 0 heterocycles. The number of allylic oxidation sites excluding steroid dienone is 3. The monoisotopic (exact) mass is 476 g/mol. The molecule has 4 rings (SSSR count). The highest BCUT2D eigenvalue weighted by atomic mass is 19.2. The lowest BCUT2D eigenvalue weighted by Crippen LogP contribution is -2.08. The van der Waals surface area contributed by atoms with E-state index in [4.69, 9.17) is 4.74 Å². The first-order valence-electron chi connectivity index (χ1n) is 12.3. The number of halogens is 3. The number of aryl methyl sites for hydroxylation is 1. The first-order chi connectivity index (χ1) is 17.0. The summed E-state index contributed by atoms with van der Waals surface area (Å²) in [5.41, 5.74) is 4.39. The number of rotatable bonds is 8. The molecule has 4 heteroatoms. The van der Waals surface area contributed by atoms with Crippen LogP contribution in [0.3, 0.4) is 0 Å². The molecule has 1 unspecified atom stereocenters. The maximum atomic E-state index is 14.9. The van der Waals surface area contributed by atoms with Crippen LogP contribution >= 0.6 is 0 Å². The Hall–Kier alpha value is -3.27. The van der Waals surface area contributed by atoms with Crippen LogP contribution in [0.2, 0.25) is 0 Å². The van der Waals surface area contributed by atoms with E-state index < -0.39 is 11.6 Å². The van der Waals surface area contributed by atoms with E-state index in [1.54, 1.807) is 18.2 Å². The van der Waals surface area contributed by atoms with Gasteiger partial charge in [-0.3, -0.25) is 0 Å². The summed E-state index contributed by atoms with van der Waals surface area (Å²) in [6.07, 6.45) is 9.98. The zero-order valence-electron chi connectivity index (χ0n) is 20.3. The standard InChI is InChI=1S/C31H31F3O/c1-3-5-21-8-13-24(14-9-21)27-18-16-25(30(33)31(27)34)15-10-22-6-11-23(12-7-22)26-17-19-29(35-4-2)28(32)20-26/h3,5,8-9,11,13-14,16-20,22H,4,6-7,10,12,15H2,1-2H3. The minimum Gasteiger partial charge on any atom is -0.491 e. The van der Waals surface area contributed by atoms with Crippen molar-refractivity contribution in [2.24, 2.45) is 5.92 Å². The van der Waals surface area contributed by atoms with Crippen LogP contribution in [0.5, 0.6) is 5.75 Å². The smallest absolute Gasteiger partial charge is 0.166 e. The van der Waals surface area contributed by atoms with Gasteiger partial charge >= 0.3 is 0 Å². The maximum absolute atomic E-state index is 14.9. The summed E-state index contributed by atoms with van der Waals surface area (Å²) in [4.78, 5) is 0. The molecule has 3 aromatic carbocycles. The SMILES string of the molecule is CC=Cc1ccc(-c2ccc(CCC3CC=C(c4ccc(OCC)c(F)c4)CC3)c(F)c2F)cc1. The second-order valence-electron chi connectivity index (χ2n) is 9.01. The molecule has 35 heavy (non-hydrogen) atoms. The lowest BCUT2D eigenvalue weighted by atomic mass is 9.83. The Bertz CT molecular complexity index is 1220. The Morgan fingerprint density at radius 1 is 0.943 bits per heavy atom. The molecular weight excluding hydrogens is 445 g/mol. The van der Waals surface area contributed by atoms with Crippen LogP contribution in [0, 0.1) is 23.4 Å². The van der Waals surface area contributed by atoms with Gasteiger partial charge in [-0.05, 0) is 91.8 Å². The van der Waals surface area contributed by atoms with Gasteiger partial charge in [0.25, 0.3) is 0 Å². The summed E-state index contributed by atoms with van der Waals surface area (Å²) in [5.74, 6) is -1.22. The minimum absolute atomic E-state index is 0.275. The van der Waals surface area contributed by atoms with Gasteiger partial charge in [0.1, 0.15) is 0 Å². The molecule has 1 nitrogen and oxygen atoms in total. The lowest BCUT2D eigenvalue weighted by Gasteiger charge is -2.22. The molecule has 0 amide bonds. The van der Waals surface area contributed by atoms with E-state index in [0.29, 0.717) is 30.1 Å². The van der Waals surface area contributed by atoms with Gasteiger partial charge in [0.05, 0.1) is 6.61 Å². The average Bonchev–Trinajstić information content (AvgIpc) is 2.87. The minimum atomic E-state index is -0.787. The van der Waals surface area contributed by atoms with Gasteiger partial charge in [0.2, 0.25) is 0 Å². The van der Waals surface area contributed by atoms with Crippen LogP contribution in [0.15, 0.2) is 66.7 Å². The van der Waals surface area contributed by atoms with Crippen molar-refractivity contribution in [3.05, 3.63) is 101 Å². The van der Waals surface area contributed by atoms with Crippen molar-refractivity contribution >= 4 is 11.6 Å². The van der Waals surface area contributed by atoms with Gasteiger partial charge in [0.15, 0.2) is 23.2 Å². The Kier molecular flexibility index (Phi) is 8.12. The summed E-state index contributed by atoms with van der Waals surface area (Å²) in [6.45, 7) is 4.20. The van der Waals surface area contributed by atoms with Crippen molar-refractivity contribution in [2.45, 2.75) is 46.0 Å². The van der Waals surface area contributed by atoms with Gasteiger partial charge in [-0.2, -0.15) is 0 Å². The quantitative estimate of drug-likeness (QED) is 0.315. The first-order valence-corrected chi connectivity index (χ1v) is 12.3. The summed E-state index contributed by atoms with van der Waals surface area (Å²) in [7, 11) is 0. The van der Waals surface area contributed by atoms with Gasteiger partial charge in [-0.15, -0.1) is 0 Å². The second-order valence-corrected chi connectivity index (χ2v) is 9.01. The first kappa shape index (κ1) is 24.8. The van der Waals surface area contributed by atoms with Gasteiger partial charge in [-0.25, -0.2) is 13.2 Å². The molecule has 0 fully saturated rings. The molecule has 3 aromatic rings. The molecule has 0 N–H and O–H groups in total. The Morgan fingerprint density at radius 2 is 1.71 bits per heavy atom. The lowest BCUT2D eigenvalue weighted by molar-refractivity contribution is 0.321.